The summed E-state index contributed by atoms with van der Waals surface area (Å²) in [5.74, 6) is -3.37. The second kappa shape index (κ2) is 7.30. The van der Waals surface area contributed by atoms with Crippen LogP contribution in [0.2, 0.25) is 0 Å². The molecule has 0 aliphatic carbocycles. The molecule has 0 bridgehead atoms. The highest BCUT2D eigenvalue weighted by Gasteiger charge is 2.19. The Bertz CT molecular complexity index is 922. The first-order valence-electron chi connectivity index (χ1n) is 7.03. The summed E-state index contributed by atoms with van der Waals surface area (Å²) in [6, 6.07) is 6.93. The van der Waals surface area contributed by atoms with E-state index in [1.54, 1.807) is 0 Å². The quantitative estimate of drug-likeness (QED) is 0.524. The van der Waals surface area contributed by atoms with Crippen LogP contribution in [0.3, 0.4) is 0 Å². The first-order chi connectivity index (χ1) is 12.2. The van der Waals surface area contributed by atoms with Crippen molar-refractivity contribution in [2.45, 2.75) is 6.92 Å². The van der Waals surface area contributed by atoms with E-state index < -0.39 is 39.6 Å². The average Bonchev–Trinajstić information content (AvgIpc) is 2.55. The summed E-state index contributed by atoms with van der Waals surface area (Å²) < 4.78 is 5.38. The lowest BCUT2D eigenvalue weighted by atomic mass is 10.1. The van der Waals surface area contributed by atoms with Crippen molar-refractivity contribution in [2.24, 2.45) is 0 Å². The summed E-state index contributed by atoms with van der Waals surface area (Å²) >= 11 is 0. The first-order valence-corrected chi connectivity index (χ1v) is 7.03. The van der Waals surface area contributed by atoms with Gasteiger partial charge in [0.2, 0.25) is 5.91 Å². The predicted molar refractivity (Wildman–Crippen MR) is 87.8 cm³/mol. The zero-order valence-corrected chi connectivity index (χ0v) is 13.3. The molecule has 2 rings (SSSR count). The van der Waals surface area contributed by atoms with Gasteiger partial charge in [0.05, 0.1) is 22.1 Å². The van der Waals surface area contributed by atoms with Crippen LogP contribution in [0.25, 0.3) is 0 Å². The molecule has 0 saturated heterocycles. The zero-order valence-electron chi connectivity index (χ0n) is 13.3. The molecular weight excluding hydrogens is 348 g/mol. The lowest BCUT2D eigenvalue weighted by Crippen LogP contribution is -2.08. The molecule has 1 amide bonds. The first kappa shape index (κ1) is 18.4. The van der Waals surface area contributed by atoms with Crippen LogP contribution < -0.4 is 10.1 Å². The van der Waals surface area contributed by atoms with Crippen molar-refractivity contribution in [1.29, 1.82) is 0 Å². The molecule has 134 valence electrons. The maximum Gasteiger partial charge on any atom is 0.336 e. The molecule has 0 heterocycles. The smallest absolute Gasteiger partial charge is 0.336 e. The number of amides is 1. The fourth-order valence-electron chi connectivity index (χ4n) is 2.11. The van der Waals surface area contributed by atoms with Gasteiger partial charge in [-0.15, -0.1) is 0 Å². The van der Waals surface area contributed by atoms with Gasteiger partial charge in [0, 0.05) is 6.92 Å². The maximum absolute atomic E-state index is 11.2. The molecule has 2 aromatic rings. The van der Waals surface area contributed by atoms with E-state index in [-0.39, 0.29) is 17.2 Å². The number of hydrogen-bond acceptors (Lipinski definition) is 6. The Labute approximate surface area is 145 Å². The van der Waals surface area contributed by atoms with Crippen LogP contribution in [-0.4, -0.2) is 33.0 Å². The molecule has 2 aromatic carbocycles. The summed E-state index contributed by atoms with van der Waals surface area (Å²) in [7, 11) is 0. The fraction of sp³-hybridized carbons (Fsp3) is 0.0625. The summed E-state index contributed by atoms with van der Waals surface area (Å²) in [4.78, 5) is 43.7. The fourth-order valence-corrected chi connectivity index (χ4v) is 2.11. The van der Waals surface area contributed by atoms with Crippen molar-refractivity contribution < 1.29 is 34.3 Å². The van der Waals surface area contributed by atoms with Crippen molar-refractivity contribution in [1.82, 2.24) is 0 Å². The van der Waals surface area contributed by atoms with E-state index in [0.29, 0.717) is 0 Å². The molecule has 0 aliphatic rings. The maximum atomic E-state index is 11.2. The monoisotopic (exact) mass is 360 g/mol. The van der Waals surface area contributed by atoms with Crippen molar-refractivity contribution >= 4 is 29.2 Å². The molecule has 0 atom stereocenters. The van der Waals surface area contributed by atoms with Crippen molar-refractivity contribution in [3.05, 3.63) is 57.6 Å². The molecular formula is C16H12N2O8. The lowest BCUT2D eigenvalue weighted by molar-refractivity contribution is -0.384. The summed E-state index contributed by atoms with van der Waals surface area (Å²) in [5, 5.41) is 31.5. The van der Waals surface area contributed by atoms with Crippen LogP contribution in [0.5, 0.6) is 11.5 Å². The van der Waals surface area contributed by atoms with Gasteiger partial charge in [0.25, 0.3) is 5.69 Å². The number of nitro benzene ring substituents is 1. The Morgan fingerprint density at radius 1 is 1.00 bits per heavy atom. The van der Waals surface area contributed by atoms with Gasteiger partial charge in [-0.05, 0) is 30.3 Å². The molecule has 0 spiro atoms. The minimum Gasteiger partial charge on any atom is -0.478 e. The van der Waals surface area contributed by atoms with E-state index in [1.165, 1.54) is 25.1 Å². The van der Waals surface area contributed by atoms with E-state index >= 15 is 0 Å². The zero-order chi connectivity index (χ0) is 19.4. The van der Waals surface area contributed by atoms with E-state index in [0.717, 1.165) is 18.2 Å². The van der Waals surface area contributed by atoms with Gasteiger partial charge < -0.3 is 20.3 Å². The van der Waals surface area contributed by atoms with Gasteiger partial charge >= 0.3 is 11.9 Å². The molecule has 0 fully saturated rings. The standard InChI is InChI=1S/C16H12N2O8/c1-8(19)17-13-5-3-10(7-14(13)18(24)25)26-9-2-4-11(15(20)21)12(6-9)16(22)23/h2-7H,1H3,(H,17,19)(H,20,21)(H,22,23). The number of carboxylic acids is 2. The lowest BCUT2D eigenvalue weighted by Gasteiger charge is -2.10. The number of nitro groups is 1. The van der Waals surface area contributed by atoms with E-state index in [2.05, 4.69) is 5.32 Å². The molecule has 10 heteroatoms. The molecule has 3 N–H and O–H groups in total. The topological polar surface area (TPSA) is 156 Å². The summed E-state index contributed by atoms with van der Waals surface area (Å²) in [6.45, 7) is 1.20. The van der Waals surface area contributed by atoms with Crippen molar-refractivity contribution in [2.75, 3.05) is 5.32 Å². The van der Waals surface area contributed by atoms with Crippen LogP contribution in [0.1, 0.15) is 27.6 Å². The number of nitrogens with zero attached hydrogens (tertiary/aromatic N) is 1. The molecule has 10 nitrogen and oxygen atoms in total. The van der Waals surface area contributed by atoms with Crippen LogP contribution in [0, 0.1) is 10.1 Å². The number of carboxylic acid groups (broad SMARTS) is 2. The molecule has 0 aliphatic heterocycles. The van der Waals surface area contributed by atoms with Gasteiger partial charge in [0.15, 0.2) is 0 Å². The van der Waals surface area contributed by atoms with Crippen LogP contribution in [0.4, 0.5) is 11.4 Å². The number of ether oxygens (including phenoxy) is 1. The minimum atomic E-state index is -1.46. The number of nitrogens with one attached hydrogen (secondary N) is 1. The number of anilines is 1. The van der Waals surface area contributed by atoms with Crippen LogP contribution in [0.15, 0.2) is 36.4 Å². The Kier molecular flexibility index (Phi) is 5.16. The second-order valence-electron chi connectivity index (χ2n) is 5.04. The second-order valence-corrected chi connectivity index (χ2v) is 5.04. The van der Waals surface area contributed by atoms with E-state index in [4.69, 9.17) is 14.9 Å². The van der Waals surface area contributed by atoms with E-state index in [1.807, 2.05) is 0 Å². The number of carbonyl (C=O) groups excluding carboxylic acids is 1. The SMILES string of the molecule is CC(=O)Nc1ccc(Oc2ccc(C(=O)O)c(C(=O)O)c2)cc1[N+](=O)[O-]. The molecule has 0 unspecified atom stereocenters. The third kappa shape index (κ3) is 4.12. The Morgan fingerprint density at radius 3 is 2.12 bits per heavy atom. The third-order valence-electron chi connectivity index (χ3n) is 3.16. The Hall–Kier alpha value is -3.95. The molecule has 26 heavy (non-hydrogen) atoms. The number of carbonyl (C=O) groups is 3. The van der Waals surface area contributed by atoms with E-state index in [9.17, 15) is 24.5 Å². The van der Waals surface area contributed by atoms with Crippen molar-refractivity contribution in [3.8, 4) is 11.5 Å². The van der Waals surface area contributed by atoms with Gasteiger partial charge in [-0.2, -0.15) is 0 Å². The summed E-state index contributed by atoms with van der Waals surface area (Å²) in [5.41, 5.74) is -1.35. The minimum absolute atomic E-state index is 0.00483. The normalized spacial score (nSPS) is 10.0. The summed E-state index contributed by atoms with van der Waals surface area (Å²) in [6.07, 6.45) is 0. The van der Waals surface area contributed by atoms with Gasteiger partial charge in [-0.1, -0.05) is 0 Å². The molecule has 0 radical (unpaired) electrons. The highest BCUT2D eigenvalue weighted by Crippen LogP contribution is 2.32. The van der Waals surface area contributed by atoms with Crippen LogP contribution >= 0.6 is 0 Å². The van der Waals surface area contributed by atoms with Gasteiger partial charge in [-0.25, -0.2) is 9.59 Å². The van der Waals surface area contributed by atoms with Crippen LogP contribution in [-0.2, 0) is 4.79 Å². The number of aromatic carboxylic acids is 2. The highest BCUT2D eigenvalue weighted by atomic mass is 16.6. The number of hydrogen-bond donors (Lipinski definition) is 3. The van der Waals surface area contributed by atoms with Gasteiger partial charge in [-0.3, -0.25) is 14.9 Å². The Morgan fingerprint density at radius 2 is 1.58 bits per heavy atom. The molecule has 0 aromatic heterocycles. The van der Waals surface area contributed by atoms with Gasteiger partial charge in [0.1, 0.15) is 17.2 Å². The van der Waals surface area contributed by atoms with Crippen molar-refractivity contribution in [3.63, 3.8) is 0 Å². The third-order valence-corrected chi connectivity index (χ3v) is 3.16. The molecule has 0 saturated carbocycles. The largest absolute Gasteiger partial charge is 0.478 e. The highest BCUT2D eigenvalue weighted by molar-refractivity contribution is 6.02. The predicted octanol–water partition coefficient (Wildman–Crippen LogP) is 2.74. The Balaban J connectivity index is 2.39. The number of benzene rings is 2. The average molecular weight is 360 g/mol. The number of rotatable bonds is 6.